The Morgan fingerprint density at radius 2 is 1.52 bits per heavy atom. The fraction of sp³-hybridized carbons (Fsp3) is 0.579. The minimum atomic E-state index is -4.34. The van der Waals surface area contributed by atoms with Crippen molar-refractivity contribution < 1.29 is 26.8 Å². The zero-order valence-electron chi connectivity index (χ0n) is 15.9. The van der Waals surface area contributed by atoms with Gasteiger partial charge in [0.05, 0.1) is 0 Å². The number of rotatable bonds is 4. The molecule has 1 aliphatic carbocycles. The Kier molecular flexibility index (Phi) is 5.32. The van der Waals surface area contributed by atoms with Crippen LogP contribution in [-0.2, 0) is 19.6 Å². The van der Waals surface area contributed by atoms with Gasteiger partial charge in [0.25, 0.3) is 0 Å². The van der Waals surface area contributed by atoms with Gasteiger partial charge in [0.2, 0.25) is 21.8 Å². The molecule has 2 saturated heterocycles. The standard InChI is InChI=1S/C19H23F2N3O4S/c20-14-3-1-4-15(21)17(14)29(27,28)23-11-9-22(10-12-23)19(26)16-5-2-8-24(16)18(25)13-6-7-13/h1,3-4,13,16H,2,5-12H2. The summed E-state index contributed by atoms with van der Waals surface area (Å²) in [5, 5.41) is 0. The maximum atomic E-state index is 14.0. The average Bonchev–Trinajstić information content (AvgIpc) is 3.43. The van der Waals surface area contributed by atoms with Gasteiger partial charge in [0.1, 0.15) is 17.7 Å². The summed E-state index contributed by atoms with van der Waals surface area (Å²) in [5.41, 5.74) is 0. The van der Waals surface area contributed by atoms with Gasteiger partial charge >= 0.3 is 0 Å². The molecule has 10 heteroatoms. The van der Waals surface area contributed by atoms with Crippen molar-refractivity contribution in [3.63, 3.8) is 0 Å². The number of nitrogens with zero attached hydrogens (tertiary/aromatic N) is 3. The molecule has 0 N–H and O–H groups in total. The van der Waals surface area contributed by atoms with Crippen molar-refractivity contribution in [1.82, 2.24) is 14.1 Å². The van der Waals surface area contributed by atoms with Gasteiger partial charge in [-0.05, 0) is 37.8 Å². The Hall–Kier alpha value is -2.07. The molecule has 0 bridgehead atoms. The lowest BCUT2D eigenvalue weighted by Crippen LogP contribution is -2.55. The van der Waals surface area contributed by atoms with Crippen LogP contribution in [0.15, 0.2) is 23.1 Å². The van der Waals surface area contributed by atoms with E-state index >= 15 is 0 Å². The molecule has 0 spiro atoms. The Morgan fingerprint density at radius 1 is 0.897 bits per heavy atom. The summed E-state index contributed by atoms with van der Waals surface area (Å²) in [6.45, 7) is 0.717. The predicted molar refractivity (Wildman–Crippen MR) is 99.2 cm³/mol. The molecule has 1 unspecified atom stereocenters. The molecule has 2 amide bonds. The molecule has 3 fully saturated rings. The number of hydrogen-bond acceptors (Lipinski definition) is 4. The smallest absolute Gasteiger partial charge is 0.249 e. The van der Waals surface area contributed by atoms with Crippen LogP contribution in [0.5, 0.6) is 0 Å². The number of hydrogen-bond donors (Lipinski definition) is 0. The van der Waals surface area contributed by atoms with Gasteiger partial charge in [-0.1, -0.05) is 6.07 Å². The molecule has 0 radical (unpaired) electrons. The molecule has 0 aromatic heterocycles. The second-order valence-corrected chi connectivity index (χ2v) is 9.62. The van der Waals surface area contributed by atoms with Crippen molar-refractivity contribution in [1.29, 1.82) is 0 Å². The molecule has 158 valence electrons. The molecule has 1 aromatic carbocycles. The number of benzene rings is 1. The van der Waals surface area contributed by atoms with Crippen molar-refractivity contribution in [2.24, 2.45) is 5.92 Å². The van der Waals surface area contributed by atoms with E-state index in [1.165, 1.54) is 0 Å². The van der Waals surface area contributed by atoms with E-state index in [0.717, 1.165) is 41.8 Å². The number of amides is 2. The highest BCUT2D eigenvalue weighted by atomic mass is 32.2. The predicted octanol–water partition coefficient (Wildman–Crippen LogP) is 1.20. The van der Waals surface area contributed by atoms with Crippen LogP contribution in [0.2, 0.25) is 0 Å². The van der Waals surface area contributed by atoms with Gasteiger partial charge in [0, 0.05) is 38.6 Å². The minimum absolute atomic E-state index is 0.0390. The van der Waals surface area contributed by atoms with Crippen molar-refractivity contribution in [2.75, 3.05) is 32.7 Å². The molecule has 1 atom stereocenters. The molecular weight excluding hydrogens is 404 g/mol. The monoisotopic (exact) mass is 427 g/mol. The number of halogens is 2. The third-order valence-corrected chi connectivity index (χ3v) is 7.77. The van der Waals surface area contributed by atoms with Crippen molar-refractivity contribution >= 4 is 21.8 Å². The van der Waals surface area contributed by atoms with Crippen molar-refractivity contribution in [3.05, 3.63) is 29.8 Å². The van der Waals surface area contributed by atoms with Crippen molar-refractivity contribution in [2.45, 2.75) is 36.6 Å². The van der Waals surface area contributed by atoms with E-state index in [-0.39, 0.29) is 43.9 Å². The van der Waals surface area contributed by atoms with Gasteiger partial charge in [-0.15, -0.1) is 0 Å². The quantitative estimate of drug-likeness (QED) is 0.724. The number of carbonyl (C=O) groups is 2. The highest BCUT2D eigenvalue weighted by Gasteiger charge is 2.43. The molecule has 7 nitrogen and oxygen atoms in total. The molecule has 1 aromatic rings. The van der Waals surface area contributed by atoms with Crippen LogP contribution in [0.3, 0.4) is 0 Å². The third kappa shape index (κ3) is 3.75. The van der Waals surface area contributed by atoms with Crippen LogP contribution in [-0.4, -0.2) is 73.1 Å². The zero-order valence-corrected chi connectivity index (χ0v) is 16.7. The van der Waals surface area contributed by atoms with E-state index in [9.17, 15) is 26.8 Å². The van der Waals surface area contributed by atoms with Crippen LogP contribution in [0.1, 0.15) is 25.7 Å². The SMILES string of the molecule is O=C(C1CCCN1C(=O)C1CC1)N1CCN(S(=O)(=O)c2c(F)cccc2F)CC1. The lowest BCUT2D eigenvalue weighted by Gasteiger charge is -2.36. The number of piperazine rings is 1. The van der Waals surface area contributed by atoms with Gasteiger partial charge in [-0.2, -0.15) is 4.31 Å². The van der Waals surface area contributed by atoms with Gasteiger partial charge in [-0.3, -0.25) is 9.59 Å². The summed E-state index contributed by atoms with van der Waals surface area (Å²) < 4.78 is 54.3. The Bertz CT molecular complexity index is 907. The second kappa shape index (κ2) is 7.64. The average molecular weight is 427 g/mol. The summed E-state index contributed by atoms with van der Waals surface area (Å²) in [6, 6.07) is 2.43. The normalized spacial score (nSPS) is 23.4. The summed E-state index contributed by atoms with van der Waals surface area (Å²) >= 11 is 0. The molecule has 2 aliphatic heterocycles. The number of likely N-dealkylation sites (tertiary alicyclic amines) is 1. The molecule has 3 aliphatic rings. The van der Waals surface area contributed by atoms with E-state index in [1.807, 2.05) is 0 Å². The summed E-state index contributed by atoms with van der Waals surface area (Å²) in [4.78, 5) is 27.6. The van der Waals surface area contributed by atoms with E-state index < -0.39 is 32.6 Å². The molecule has 1 saturated carbocycles. The first-order chi connectivity index (χ1) is 13.8. The fourth-order valence-electron chi connectivity index (χ4n) is 4.07. The number of carbonyl (C=O) groups excluding carboxylic acids is 2. The van der Waals surface area contributed by atoms with E-state index in [1.54, 1.807) is 9.80 Å². The molecule has 2 heterocycles. The maximum Gasteiger partial charge on any atom is 0.249 e. The van der Waals surface area contributed by atoms with Crippen LogP contribution in [0, 0.1) is 17.6 Å². The highest BCUT2D eigenvalue weighted by Crippen LogP contribution is 2.34. The molecule has 4 rings (SSSR count). The number of sulfonamides is 1. The van der Waals surface area contributed by atoms with Crippen LogP contribution >= 0.6 is 0 Å². The Labute approximate surface area is 168 Å². The minimum Gasteiger partial charge on any atom is -0.338 e. The second-order valence-electron chi connectivity index (χ2n) is 7.74. The van der Waals surface area contributed by atoms with E-state index in [0.29, 0.717) is 13.0 Å². The summed E-state index contributed by atoms with van der Waals surface area (Å²) in [5.74, 6) is -2.36. The Morgan fingerprint density at radius 3 is 2.10 bits per heavy atom. The first-order valence-corrected chi connectivity index (χ1v) is 11.3. The Balaban J connectivity index is 1.42. The first kappa shape index (κ1) is 20.2. The summed E-state index contributed by atoms with van der Waals surface area (Å²) in [7, 11) is -4.34. The first-order valence-electron chi connectivity index (χ1n) is 9.84. The molecule has 29 heavy (non-hydrogen) atoms. The lowest BCUT2D eigenvalue weighted by atomic mass is 10.1. The van der Waals surface area contributed by atoms with Gasteiger partial charge in [-0.25, -0.2) is 17.2 Å². The topological polar surface area (TPSA) is 78.0 Å². The lowest BCUT2D eigenvalue weighted by molar-refractivity contribution is -0.145. The van der Waals surface area contributed by atoms with Crippen LogP contribution in [0.4, 0.5) is 8.78 Å². The van der Waals surface area contributed by atoms with Gasteiger partial charge in [0.15, 0.2) is 4.90 Å². The summed E-state index contributed by atoms with van der Waals surface area (Å²) in [6.07, 6.45) is 3.13. The zero-order chi connectivity index (χ0) is 20.8. The maximum absolute atomic E-state index is 14.0. The highest BCUT2D eigenvalue weighted by molar-refractivity contribution is 7.89. The largest absolute Gasteiger partial charge is 0.338 e. The third-order valence-electron chi connectivity index (χ3n) is 5.81. The van der Waals surface area contributed by atoms with Gasteiger partial charge < -0.3 is 9.80 Å². The van der Waals surface area contributed by atoms with E-state index in [2.05, 4.69) is 0 Å². The molecular formula is C19H23F2N3O4S. The van der Waals surface area contributed by atoms with Crippen LogP contribution in [0.25, 0.3) is 0 Å². The van der Waals surface area contributed by atoms with Crippen molar-refractivity contribution in [3.8, 4) is 0 Å². The fourth-order valence-corrected chi connectivity index (χ4v) is 5.60. The van der Waals surface area contributed by atoms with Crippen LogP contribution < -0.4 is 0 Å². The van der Waals surface area contributed by atoms with E-state index in [4.69, 9.17) is 0 Å².